The summed E-state index contributed by atoms with van der Waals surface area (Å²) in [6, 6.07) is 7.91. The minimum atomic E-state index is -4.78. The molecule has 0 aliphatic heterocycles. The van der Waals surface area contributed by atoms with Gasteiger partial charge in [-0.15, -0.1) is 5.10 Å². The van der Waals surface area contributed by atoms with E-state index in [1.165, 1.54) is 21.5 Å². The first-order valence-electron chi connectivity index (χ1n) is 12.8. The first-order chi connectivity index (χ1) is 19.2. The van der Waals surface area contributed by atoms with Gasteiger partial charge in [-0.2, -0.15) is 18.3 Å². The maximum absolute atomic E-state index is 15.1. The van der Waals surface area contributed by atoms with E-state index in [4.69, 9.17) is 0 Å². The summed E-state index contributed by atoms with van der Waals surface area (Å²) < 4.78 is 58.5. The molecule has 1 aliphatic carbocycles. The van der Waals surface area contributed by atoms with Crippen molar-refractivity contribution in [3.63, 3.8) is 0 Å². The topological polar surface area (TPSA) is 111 Å². The molecule has 1 fully saturated rings. The molecule has 6 rings (SSSR count). The molecule has 0 unspecified atom stereocenters. The van der Waals surface area contributed by atoms with Crippen LogP contribution in [-0.4, -0.2) is 34.3 Å². The largest absolute Gasteiger partial charge is 0.422 e. The normalized spacial score (nSPS) is 18.0. The van der Waals surface area contributed by atoms with Crippen molar-refractivity contribution >= 4 is 16.6 Å². The van der Waals surface area contributed by atoms with Gasteiger partial charge >= 0.3 is 6.18 Å². The number of hydrogen-bond donors (Lipinski definition) is 1. The summed E-state index contributed by atoms with van der Waals surface area (Å²) in [5.41, 5.74) is -2.01. The highest BCUT2D eigenvalue weighted by atomic mass is 19.4. The molecule has 1 N–H and O–H groups in total. The van der Waals surface area contributed by atoms with Crippen molar-refractivity contribution in [2.24, 2.45) is 11.8 Å². The Labute approximate surface area is 223 Å². The second-order valence-corrected chi connectivity index (χ2v) is 10.2. The lowest BCUT2D eigenvalue weighted by molar-refractivity contribution is -0.139. The number of aromatic amines is 1. The van der Waals surface area contributed by atoms with Gasteiger partial charge in [-0.05, 0) is 60.9 Å². The third-order valence-corrected chi connectivity index (χ3v) is 7.47. The second-order valence-electron chi connectivity index (χ2n) is 10.2. The lowest BCUT2D eigenvalue weighted by Crippen LogP contribution is -2.29. The van der Waals surface area contributed by atoms with Gasteiger partial charge in [0.15, 0.2) is 11.5 Å². The number of hydrogen-bond acceptors (Lipinski definition) is 6. The Bertz CT molecular complexity index is 1810. The maximum atomic E-state index is 15.1. The molecule has 206 valence electrons. The molecule has 4 heterocycles. The van der Waals surface area contributed by atoms with Gasteiger partial charge < -0.3 is 0 Å². The number of pyridine rings is 1. The minimum Gasteiger partial charge on any atom is -0.298 e. The van der Waals surface area contributed by atoms with Crippen molar-refractivity contribution in [2.45, 2.75) is 44.8 Å². The predicted octanol–water partition coefficient (Wildman–Crippen LogP) is 4.40. The van der Waals surface area contributed by atoms with Crippen molar-refractivity contribution in [1.82, 2.24) is 34.3 Å². The van der Waals surface area contributed by atoms with Crippen LogP contribution in [0.2, 0.25) is 0 Å². The van der Waals surface area contributed by atoms with E-state index in [9.17, 15) is 22.8 Å². The summed E-state index contributed by atoms with van der Waals surface area (Å²) in [6.07, 6.45) is 2.30. The Balaban J connectivity index is 1.23. The zero-order valence-corrected chi connectivity index (χ0v) is 21.0. The molecule has 0 radical (unpaired) electrons. The lowest BCUT2D eigenvalue weighted by Gasteiger charge is -2.30. The zero-order chi connectivity index (χ0) is 28.0. The third-order valence-electron chi connectivity index (χ3n) is 7.47. The Kier molecular flexibility index (Phi) is 6.43. The fraction of sp³-hybridized carbons (Fsp3) is 0.333. The summed E-state index contributed by atoms with van der Waals surface area (Å²) in [6.45, 7) is 0.301. The number of rotatable bonds is 5. The van der Waals surface area contributed by atoms with Crippen molar-refractivity contribution in [3.05, 3.63) is 86.7 Å². The Hall–Kier alpha value is -4.42. The second kappa shape index (κ2) is 9.96. The van der Waals surface area contributed by atoms with Crippen LogP contribution in [0.4, 0.5) is 17.6 Å². The molecule has 2 atom stereocenters. The highest BCUT2D eigenvalue weighted by molar-refractivity contribution is 5.82. The molecule has 0 saturated heterocycles. The van der Waals surface area contributed by atoms with Crippen LogP contribution < -0.4 is 11.1 Å². The monoisotopic (exact) mass is 553 g/mol. The average molecular weight is 554 g/mol. The summed E-state index contributed by atoms with van der Waals surface area (Å²) in [5.74, 6) is -0.574. The van der Waals surface area contributed by atoms with Crippen LogP contribution in [-0.2, 0) is 19.1 Å². The number of alkyl halides is 3. The summed E-state index contributed by atoms with van der Waals surface area (Å²) in [7, 11) is 0. The van der Waals surface area contributed by atoms with E-state index in [1.54, 1.807) is 24.4 Å². The van der Waals surface area contributed by atoms with Crippen LogP contribution >= 0.6 is 0 Å². The standard InChI is InChI=1S/C27H23F4N7O2/c28-20-10-19-21(11-18(20)24-34-22-6-1-2-7-38(22)36-24)32-14-37(26(19)40)13-16-5-3-4-15(8-16)9-17-12-33-35-25(39)23(17)27(29,30)31/h1-2,6-7,10-12,14-16H,3-5,8-9,13H2,(H,35,39)/t15-,16+/m0/s1. The Morgan fingerprint density at radius 2 is 1.93 bits per heavy atom. The number of halogens is 4. The van der Waals surface area contributed by atoms with E-state index in [0.717, 1.165) is 25.1 Å². The molecule has 1 saturated carbocycles. The lowest BCUT2D eigenvalue weighted by atomic mass is 9.78. The minimum absolute atomic E-state index is 0.00582. The van der Waals surface area contributed by atoms with Crippen molar-refractivity contribution < 1.29 is 17.6 Å². The molecule has 1 aliphatic rings. The highest BCUT2D eigenvalue weighted by Gasteiger charge is 2.38. The van der Waals surface area contributed by atoms with Gasteiger partial charge in [0, 0.05) is 12.7 Å². The SMILES string of the molecule is O=c1[nH]ncc(C[C@H]2CCC[C@@H](Cn3cnc4cc(-c5nc6ccccn6n5)c(F)cc4c3=O)C2)c1C(F)(F)F. The number of fused-ring (bicyclic) bond motifs is 2. The van der Waals surface area contributed by atoms with E-state index >= 15 is 4.39 Å². The fourth-order valence-corrected chi connectivity index (χ4v) is 5.67. The number of benzene rings is 1. The van der Waals surface area contributed by atoms with Crippen LogP contribution in [0.3, 0.4) is 0 Å². The van der Waals surface area contributed by atoms with Crippen molar-refractivity contribution in [3.8, 4) is 11.4 Å². The molecule has 1 aromatic carbocycles. The quantitative estimate of drug-likeness (QED) is 0.323. The number of H-pyrrole nitrogens is 1. The first-order valence-corrected chi connectivity index (χ1v) is 12.8. The molecule has 9 nitrogen and oxygen atoms in total. The van der Waals surface area contributed by atoms with Gasteiger partial charge in [0.25, 0.3) is 11.1 Å². The predicted molar refractivity (Wildman–Crippen MR) is 137 cm³/mol. The fourth-order valence-electron chi connectivity index (χ4n) is 5.67. The van der Waals surface area contributed by atoms with Crippen molar-refractivity contribution in [2.75, 3.05) is 0 Å². The number of nitrogens with zero attached hydrogens (tertiary/aromatic N) is 6. The molecular weight excluding hydrogens is 530 g/mol. The smallest absolute Gasteiger partial charge is 0.298 e. The van der Waals surface area contributed by atoms with Gasteiger partial charge in [0.05, 0.1) is 29.0 Å². The van der Waals surface area contributed by atoms with Gasteiger partial charge in [0.2, 0.25) is 0 Å². The van der Waals surface area contributed by atoms with Gasteiger partial charge in [-0.25, -0.2) is 24.0 Å². The Morgan fingerprint density at radius 3 is 2.73 bits per heavy atom. The van der Waals surface area contributed by atoms with Gasteiger partial charge in [-0.3, -0.25) is 14.2 Å². The van der Waals surface area contributed by atoms with E-state index in [1.807, 2.05) is 5.10 Å². The number of aromatic nitrogens is 7. The molecule has 4 aromatic heterocycles. The molecule has 0 bridgehead atoms. The maximum Gasteiger partial charge on any atom is 0.422 e. The molecule has 0 spiro atoms. The van der Waals surface area contributed by atoms with Crippen molar-refractivity contribution in [1.29, 1.82) is 0 Å². The molecule has 13 heteroatoms. The Morgan fingerprint density at radius 1 is 1.10 bits per heavy atom. The van der Waals surface area contributed by atoms with E-state index in [2.05, 4.69) is 20.2 Å². The molecule has 0 amide bonds. The van der Waals surface area contributed by atoms with E-state index in [0.29, 0.717) is 30.6 Å². The van der Waals surface area contributed by atoms with Crippen LogP contribution in [0.15, 0.2) is 58.6 Å². The van der Waals surface area contributed by atoms with Crippen LogP contribution in [0.5, 0.6) is 0 Å². The van der Waals surface area contributed by atoms with Gasteiger partial charge in [0.1, 0.15) is 11.4 Å². The van der Waals surface area contributed by atoms with Crippen LogP contribution in [0.25, 0.3) is 27.9 Å². The average Bonchev–Trinajstić information content (AvgIpc) is 3.34. The van der Waals surface area contributed by atoms with Gasteiger partial charge in [-0.1, -0.05) is 18.9 Å². The highest BCUT2D eigenvalue weighted by Crippen LogP contribution is 2.35. The van der Waals surface area contributed by atoms with Crippen LogP contribution in [0.1, 0.15) is 36.8 Å². The molecule has 5 aromatic rings. The van der Waals surface area contributed by atoms with E-state index in [-0.39, 0.29) is 40.6 Å². The summed E-state index contributed by atoms with van der Waals surface area (Å²) in [5, 5.41) is 9.84. The zero-order valence-electron chi connectivity index (χ0n) is 21.0. The molecular formula is C27H23F4N7O2. The summed E-state index contributed by atoms with van der Waals surface area (Å²) in [4.78, 5) is 33.8. The summed E-state index contributed by atoms with van der Waals surface area (Å²) >= 11 is 0. The third kappa shape index (κ3) is 4.87. The molecule has 40 heavy (non-hydrogen) atoms. The van der Waals surface area contributed by atoms with E-state index < -0.39 is 28.7 Å². The number of nitrogens with one attached hydrogen (secondary N) is 1. The van der Waals surface area contributed by atoms with Crippen LogP contribution in [0, 0.1) is 17.7 Å². The first kappa shape index (κ1) is 25.8.